The van der Waals surface area contributed by atoms with E-state index in [9.17, 15) is 0 Å². The molecule has 1 saturated heterocycles. The van der Waals surface area contributed by atoms with Gasteiger partial charge in [-0.3, -0.25) is 0 Å². The summed E-state index contributed by atoms with van der Waals surface area (Å²) in [6.45, 7) is 4.91. The molecule has 1 N–H and O–H groups in total. The molecule has 0 saturated carbocycles. The smallest absolute Gasteiger partial charge is 0.132 e. The molecule has 1 aliphatic heterocycles. The van der Waals surface area contributed by atoms with Crippen molar-refractivity contribution in [3.8, 4) is 5.75 Å². The number of ether oxygens (including phenoxy) is 1. The Labute approximate surface area is 144 Å². The quantitative estimate of drug-likeness (QED) is 0.915. The molecule has 2 heterocycles. The molecule has 0 spiro atoms. The molecule has 5 nitrogen and oxygen atoms in total. The summed E-state index contributed by atoms with van der Waals surface area (Å²) in [7, 11) is 3.77. The van der Waals surface area contributed by atoms with Crippen molar-refractivity contribution in [3.05, 3.63) is 47.4 Å². The highest BCUT2D eigenvalue weighted by atomic mass is 16.5. The average Bonchev–Trinajstić information content (AvgIpc) is 2.62. The lowest BCUT2D eigenvalue weighted by Gasteiger charge is -2.24. The number of hydrogen-bond acceptors (Lipinski definition) is 5. The molecule has 1 fully saturated rings. The summed E-state index contributed by atoms with van der Waals surface area (Å²) in [6.07, 6.45) is 2.41. The van der Waals surface area contributed by atoms with Crippen molar-refractivity contribution in [2.75, 3.05) is 32.1 Å². The maximum atomic E-state index is 5.22. The van der Waals surface area contributed by atoms with Crippen molar-refractivity contribution >= 4 is 5.82 Å². The Bertz CT molecular complexity index is 666. The molecule has 1 aromatic heterocycles. The van der Waals surface area contributed by atoms with Crippen molar-refractivity contribution in [1.82, 2.24) is 15.3 Å². The molecular formula is C19H26N4O. The molecule has 5 heteroatoms. The standard InChI is InChI=1S/C19H26N4O/c1-14-21-18(16-5-4-10-20-12-16)11-19(22-14)23(2)13-15-6-8-17(24-3)9-7-15/h6-9,11,16,20H,4-5,10,12-13H2,1-3H3. The van der Waals surface area contributed by atoms with Crippen molar-refractivity contribution in [1.29, 1.82) is 0 Å². The van der Waals surface area contributed by atoms with Crippen molar-refractivity contribution in [2.45, 2.75) is 32.2 Å². The minimum atomic E-state index is 0.494. The third-order valence-corrected chi connectivity index (χ3v) is 4.53. The topological polar surface area (TPSA) is 50.3 Å². The van der Waals surface area contributed by atoms with E-state index in [1.54, 1.807) is 7.11 Å². The first-order valence-corrected chi connectivity index (χ1v) is 8.56. The summed E-state index contributed by atoms with van der Waals surface area (Å²) in [5, 5.41) is 3.47. The van der Waals surface area contributed by atoms with Crippen LogP contribution in [0.5, 0.6) is 5.75 Å². The van der Waals surface area contributed by atoms with Crippen LogP contribution in [0.15, 0.2) is 30.3 Å². The lowest BCUT2D eigenvalue weighted by Crippen LogP contribution is -2.29. The first-order chi connectivity index (χ1) is 11.7. The van der Waals surface area contributed by atoms with Crippen LogP contribution in [0.4, 0.5) is 5.82 Å². The fourth-order valence-electron chi connectivity index (χ4n) is 3.17. The van der Waals surface area contributed by atoms with E-state index in [4.69, 9.17) is 4.74 Å². The maximum Gasteiger partial charge on any atom is 0.132 e. The second-order valence-electron chi connectivity index (χ2n) is 6.45. The molecule has 1 aromatic carbocycles. The van der Waals surface area contributed by atoms with Gasteiger partial charge in [-0.25, -0.2) is 9.97 Å². The number of hydrogen-bond donors (Lipinski definition) is 1. The van der Waals surface area contributed by atoms with Crippen molar-refractivity contribution in [3.63, 3.8) is 0 Å². The first-order valence-electron chi connectivity index (χ1n) is 8.56. The van der Waals surface area contributed by atoms with E-state index in [1.165, 1.54) is 18.4 Å². The predicted octanol–water partition coefficient (Wildman–Crippen LogP) is 2.90. The summed E-state index contributed by atoms with van der Waals surface area (Å²) in [5.41, 5.74) is 2.39. The highest BCUT2D eigenvalue weighted by Crippen LogP contribution is 2.25. The van der Waals surface area contributed by atoms with Crippen LogP contribution in [0.25, 0.3) is 0 Å². The molecular weight excluding hydrogens is 300 g/mol. The summed E-state index contributed by atoms with van der Waals surface area (Å²) in [4.78, 5) is 11.5. The number of rotatable bonds is 5. The monoisotopic (exact) mass is 326 g/mol. The van der Waals surface area contributed by atoms with Gasteiger partial charge in [-0.2, -0.15) is 0 Å². The number of benzene rings is 1. The van der Waals surface area contributed by atoms with Gasteiger partial charge in [0.1, 0.15) is 17.4 Å². The maximum absolute atomic E-state index is 5.22. The lowest BCUT2D eigenvalue weighted by molar-refractivity contribution is 0.414. The first kappa shape index (κ1) is 16.7. The minimum absolute atomic E-state index is 0.494. The summed E-state index contributed by atoms with van der Waals surface area (Å²) in [6, 6.07) is 10.3. The SMILES string of the molecule is COc1ccc(CN(C)c2cc(C3CCCNC3)nc(C)n2)cc1. The normalized spacial score (nSPS) is 17.5. The van der Waals surface area contributed by atoms with Crippen LogP contribution in [0, 0.1) is 6.92 Å². The molecule has 3 rings (SSSR count). The number of anilines is 1. The van der Waals surface area contributed by atoms with Crippen LogP contribution < -0.4 is 15.0 Å². The minimum Gasteiger partial charge on any atom is -0.497 e. The van der Waals surface area contributed by atoms with E-state index >= 15 is 0 Å². The van der Waals surface area contributed by atoms with Gasteiger partial charge in [0.05, 0.1) is 12.8 Å². The van der Waals surface area contributed by atoms with E-state index in [0.717, 1.165) is 42.7 Å². The van der Waals surface area contributed by atoms with Gasteiger partial charge in [-0.1, -0.05) is 12.1 Å². The summed E-state index contributed by atoms with van der Waals surface area (Å²) < 4.78 is 5.22. The molecule has 1 atom stereocenters. The highest BCUT2D eigenvalue weighted by molar-refractivity contribution is 5.41. The Kier molecular flexibility index (Phi) is 5.30. The van der Waals surface area contributed by atoms with Crippen LogP contribution in [-0.2, 0) is 6.54 Å². The van der Waals surface area contributed by atoms with E-state index in [2.05, 4.69) is 45.4 Å². The van der Waals surface area contributed by atoms with Gasteiger partial charge in [-0.05, 0) is 44.0 Å². The Morgan fingerprint density at radius 2 is 2.04 bits per heavy atom. The van der Waals surface area contributed by atoms with Crippen molar-refractivity contribution < 1.29 is 4.74 Å². The fourth-order valence-corrected chi connectivity index (χ4v) is 3.17. The number of piperidine rings is 1. The molecule has 1 unspecified atom stereocenters. The van der Waals surface area contributed by atoms with Gasteiger partial charge in [0.15, 0.2) is 0 Å². The van der Waals surface area contributed by atoms with Gasteiger partial charge < -0.3 is 15.0 Å². The Balaban J connectivity index is 1.75. The number of nitrogens with zero attached hydrogens (tertiary/aromatic N) is 3. The third kappa shape index (κ3) is 4.03. The number of aromatic nitrogens is 2. The molecule has 0 bridgehead atoms. The zero-order valence-corrected chi connectivity index (χ0v) is 14.7. The van der Waals surface area contributed by atoms with E-state index in [1.807, 2.05) is 19.1 Å². The van der Waals surface area contributed by atoms with Gasteiger partial charge in [0.25, 0.3) is 0 Å². The Hall–Kier alpha value is -2.14. The lowest BCUT2D eigenvalue weighted by atomic mass is 9.96. The van der Waals surface area contributed by atoms with E-state index < -0.39 is 0 Å². The van der Waals surface area contributed by atoms with Gasteiger partial charge in [-0.15, -0.1) is 0 Å². The molecule has 24 heavy (non-hydrogen) atoms. The molecule has 0 amide bonds. The molecule has 0 radical (unpaired) electrons. The van der Waals surface area contributed by atoms with Gasteiger partial charge in [0, 0.05) is 32.1 Å². The molecule has 128 valence electrons. The van der Waals surface area contributed by atoms with Crippen LogP contribution >= 0.6 is 0 Å². The van der Waals surface area contributed by atoms with Crippen LogP contribution in [0.3, 0.4) is 0 Å². The van der Waals surface area contributed by atoms with Crippen LogP contribution in [0.1, 0.15) is 35.8 Å². The summed E-state index contributed by atoms with van der Waals surface area (Å²) in [5.74, 6) is 3.20. The molecule has 2 aromatic rings. The van der Waals surface area contributed by atoms with Crippen molar-refractivity contribution in [2.24, 2.45) is 0 Å². The van der Waals surface area contributed by atoms with Crippen LogP contribution in [-0.4, -0.2) is 37.2 Å². The number of aryl methyl sites for hydroxylation is 1. The molecule has 0 aliphatic carbocycles. The van der Waals surface area contributed by atoms with Gasteiger partial charge in [0.2, 0.25) is 0 Å². The van der Waals surface area contributed by atoms with E-state index in [0.29, 0.717) is 5.92 Å². The number of methoxy groups -OCH3 is 1. The zero-order chi connectivity index (χ0) is 16.9. The Morgan fingerprint density at radius 3 is 2.71 bits per heavy atom. The fraction of sp³-hybridized carbons (Fsp3) is 0.474. The second kappa shape index (κ2) is 7.62. The Morgan fingerprint density at radius 1 is 1.25 bits per heavy atom. The van der Waals surface area contributed by atoms with Crippen LogP contribution in [0.2, 0.25) is 0 Å². The average molecular weight is 326 g/mol. The van der Waals surface area contributed by atoms with Gasteiger partial charge >= 0.3 is 0 Å². The largest absolute Gasteiger partial charge is 0.497 e. The number of nitrogens with one attached hydrogen (secondary N) is 1. The van der Waals surface area contributed by atoms with E-state index in [-0.39, 0.29) is 0 Å². The second-order valence-corrected chi connectivity index (χ2v) is 6.45. The molecule has 1 aliphatic rings. The zero-order valence-electron chi connectivity index (χ0n) is 14.7. The predicted molar refractivity (Wildman–Crippen MR) is 96.7 cm³/mol. The third-order valence-electron chi connectivity index (χ3n) is 4.53. The highest BCUT2D eigenvalue weighted by Gasteiger charge is 2.18. The summed E-state index contributed by atoms with van der Waals surface area (Å²) >= 11 is 0.